The average molecular weight is 298 g/mol. The lowest BCUT2D eigenvalue weighted by molar-refractivity contribution is 0.630. The minimum Gasteiger partial charge on any atom is -0.382 e. The Hall–Kier alpha value is -2.88. The van der Waals surface area contributed by atoms with Crippen molar-refractivity contribution in [3.8, 4) is 17.3 Å². The van der Waals surface area contributed by atoms with Gasteiger partial charge < -0.3 is 16.4 Å². The van der Waals surface area contributed by atoms with Crippen LogP contribution in [0.15, 0.2) is 18.2 Å². The lowest BCUT2D eigenvalue weighted by Crippen LogP contribution is -2.17. The van der Waals surface area contributed by atoms with Crippen LogP contribution in [-0.4, -0.2) is 23.1 Å². The number of benzene rings is 1. The number of rotatable bonds is 2. The van der Waals surface area contributed by atoms with Crippen molar-refractivity contribution in [1.29, 1.82) is 5.26 Å². The molecule has 1 fully saturated rings. The Bertz CT molecular complexity index is 761. The van der Waals surface area contributed by atoms with Crippen LogP contribution in [0.1, 0.15) is 18.4 Å². The van der Waals surface area contributed by atoms with E-state index in [0.29, 0.717) is 0 Å². The van der Waals surface area contributed by atoms with E-state index in [1.54, 1.807) is 6.07 Å². The molecular formula is C15H15FN6. The van der Waals surface area contributed by atoms with Gasteiger partial charge in [0.05, 0.1) is 5.69 Å². The second-order valence-corrected chi connectivity index (χ2v) is 5.16. The van der Waals surface area contributed by atoms with Gasteiger partial charge in [-0.05, 0) is 31.0 Å². The van der Waals surface area contributed by atoms with E-state index in [-0.39, 0.29) is 28.6 Å². The molecule has 0 radical (unpaired) electrons. The van der Waals surface area contributed by atoms with E-state index in [1.807, 2.05) is 12.1 Å². The van der Waals surface area contributed by atoms with Gasteiger partial charge in [0.25, 0.3) is 0 Å². The summed E-state index contributed by atoms with van der Waals surface area (Å²) in [7, 11) is 0. The molecule has 6 nitrogen and oxygen atoms in total. The number of halogens is 1. The summed E-state index contributed by atoms with van der Waals surface area (Å²) in [5, 5.41) is 9.19. The Morgan fingerprint density at radius 2 is 1.91 bits per heavy atom. The zero-order valence-electron chi connectivity index (χ0n) is 11.9. The molecule has 0 spiro atoms. The zero-order chi connectivity index (χ0) is 15.7. The molecule has 0 amide bonds. The van der Waals surface area contributed by atoms with Gasteiger partial charge in [-0.25, -0.2) is 9.37 Å². The number of nitrogens with two attached hydrogens (primary N) is 2. The van der Waals surface area contributed by atoms with Crippen LogP contribution in [0.25, 0.3) is 11.3 Å². The molecule has 1 aromatic heterocycles. The number of hydrogen-bond donors (Lipinski definition) is 2. The summed E-state index contributed by atoms with van der Waals surface area (Å²) in [5.74, 6) is -0.596. The predicted octanol–water partition coefficient (Wildman–Crippen LogP) is 1.92. The summed E-state index contributed by atoms with van der Waals surface area (Å²) >= 11 is 0. The van der Waals surface area contributed by atoms with Crippen LogP contribution in [0.5, 0.6) is 0 Å². The van der Waals surface area contributed by atoms with Crippen LogP contribution in [0.2, 0.25) is 0 Å². The first-order valence-electron chi connectivity index (χ1n) is 6.98. The summed E-state index contributed by atoms with van der Waals surface area (Å²) in [5.41, 5.74) is 12.4. The fraction of sp³-hybridized carbons (Fsp3) is 0.267. The Morgan fingerprint density at radius 1 is 1.18 bits per heavy atom. The van der Waals surface area contributed by atoms with Crippen LogP contribution >= 0.6 is 0 Å². The molecule has 0 bridgehead atoms. The van der Waals surface area contributed by atoms with Crippen molar-refractivity contribution in [2.24, 2.45) is 0 Å². The van der Waals surface area contributed by atoms with E-state index >= 15 is 0 Å². The normalized spacial score (nSPS) is 14.1. The van der Waals surface area contributed by atoms with Crippen molar-refractivity contribution in [3.05, 3.63) is 29.6 Å². The third-order valence-electron chi connectivity index (χ3n) is 3.75. The van der Waals surface area contributed by atoms with Gasteiger partial charge in [-0.15, -0.1) is 0 Å². The topological polar surface area (TPSA) is 105 Å². The zero-order valence-corrected chi connectivity index (χ0v) is 11.9. The van der Waals surface area contributed by atoms with Gasteiger partial charge in [0.2, 0.25) is 5.95 Å². The summed E-state index contributed by atoms with van der Waals surface area (Å²) in [4.78, 5) is 9.83. The molecule has 1 aliphatic heterocycles. The molecule has 0 aliphatic carbocycles. The molecule has 112 valence electrons. The van der Waals surface area contributed by atoms with Gasteiger partial charge in [-0.2, -0.15) is 10.2 Å². The van der Waals surface area contributed by atoms with E-state index in [2.05, 4.69) is 14.9 Å². The van der Waals surface area contributed by atoms with E-state index in [4.69, 9.17) is 11.5 Å². The second kappa shape index (κ2) is 5.48. The van der Waals surface area contributed by atoms with Gasteiger partial charge in [-0.1, -0.05) is 0 Å². The number of hydrogen-bond acceptors (Lipinski definition) is 6. The molecule has 1 saturated heterocycles. The average Bonchev–Trinajstić information content (AvgIpc) is 3.00. The summed E-state index contributed by atoms with van der Waals surface area (Å²) in [6.45, 7) is 1.85. The van der Waals surface area contributed by atoms with Crippen molar-refractivity contribution in [2.45, 2.75) is 12.8 Å². The van der Waals surface area contributed by atoms with E-state index < -0.39 is 5.82 Å². The van der Waals surface area contributed by atoms with Gasteiger partial charge in [0.15, 0.2) is 0 Å². The van der Waals surface area contributed by atoms with Gasteiger partial charge >= 0.3 is 0 Å². The van der Waals surface area contributed by atoms with Crippen LogP contribution < -0.4 is 16.4 Å². The summed E-state index contributed by atoms with van der Waals surface area (Å²) in [6, 6.07) is 6.78. The molecule has 0 saturated carbocycles. The smallest absolute Gasteiger partial charge is 0.222 e. The minimum absolute atomic E-state index is 0.0297. The third kappa shape index (κ3) is 2.39. The maximum absolute atomic E-state index is 14.5. The molecule has 2 heterocycles. The van der Waals surface area contributed by atoms with Gasteiger partial charge in [0.1, 0.15) is 23.3 Å². The number of anilines is 3. The number of nitriles is 1. The Morgan fingerprint density at radius 3 is 2.55 bits per heavy atom. The Labute approximate surface area is 127 Å². The fourth-order valence-electron chi connectivity index (χ4n) is 2.67. The molecule has 2 aromatic rings. The monoisotopic (exact) mass is 298 g/mol. The SMILES string of the molecule is N#Cc1c(N)nc(N)nc1-c1ccc(N2CCCC2)cc1F. The van der Waals surface area contributed by atoms with E-state index in [0.717, 1.165) is 31.6 Å². The van der Waals surface area contributed by atoms with Crippen LogP contribution in [-0.2, 0) is 0 Å². The number of aromatic nitrogens is 2. The minimum atomic E-state index is -0.460. The van der Waals surface area contributed by atoms with Crippen LogP contribution in [0.3, 0.4) is 0 Å². The molecule has 1 aromatic carbocycles. The first-order valence-corrected chi connectivity index (χ1v) is 6.98. The highest BCUT2D eigenvalue weighted by atomic mass is 19.1. The maximum atomic E-state index is 14.5. The highest BCUT2D eigenvalue weighted by molar-refractivity contribution is 5.74. The molecule has 0 atom stereocenters. The van der Waals surface area contributed by atoms with E-state index in [9.17, 15) is 9.65 Å². The summed E-state index contributed by atoms with van der Waals surface area (Å²) < 4.78 is 14.5. The van der Waals surface area contributed by atoms with Gasteiger partial charge in [0, 0.05) is 24.3 Å². The van der Waals surface area contributed by atoms with Crippen molar-refractivity contribution in [3.63, 3.8) is 0 Å². The van der Waals surface area contributed by atoms with Crippen LogP contribution in [0.4, 0.5) is 21.8 Å². The maximum Gasteiger partial charge on any atom is 0.222 e. The van der Waals surface area contributed by atoms with Crippen molar-refractivity contribution >= 4 is 17.5 Å². The molecule has 22 heavy (non-hydrogen) atoms. The van der Waals surface area contributed by atoms with Crippen molar-refractivity contribution in [2.75, 3.05) is 29.5 Å². The largest absolute Gasteiger partial charge is 0.382 e. The highest BCUT2D eigenvalue weighted by Crippen LogP contribution is 2.31. The molecule has 4 N–H and O–H groups in total. The first kappa shape index (κ1) is 14.1. The highest BCUT2D eigenvalue weighted by Gasteiger charge is 2.19. The third-order valence-corrected chi connectivity index (χ3v) is 3.75. The standard InChI is InChI=1S/C15H15FN6/c16-12-7-9(22-5-1-2-6-22)3-4-10(12)13-11(8-17)14(18)21-15(19)20-13/h3-4,7H,1-2,5-6H2,(H4,18,19,20,21). The summed E-state index contributed by atoms with van der Waals surface area (Å²) in [6.07, 6.45) is 2.22. The van der Waals surface area contributed by atoms with Crippen molar-refractivity contribution < 1.29 is 4.39 Å². The quantitative estimate of drug-likeness (QED) is 0.877. The molecular weight excluding hydrogens is 283 g/mol. The first-order chi connectivity index (χ1) is 10.6. The lowest BCUT2D eigenvalue weighted by atomic mass is 10.1. The number of nitrogen functional groups attached to an aromatic ring is 2. The molecule has 1 aliphatic rings. The lowest BCUT2D eigenvalue weighted by Gasteiger charge is -2.18. The molecule has 0 unspecified atom stereocenters. The second-order valence-electron chi connectivity index (χ2n) is 5.16. The van der Waals surface area contributed by atoms with Crippen molar-refractivity contribution in [1.82, 2.24) is 9.97 Å². The fourth-order valence-corrected chi connectivity index (χ4v) is 2.67. The molecule has 7 heteroatoms. The predicted molar refractivity (Wildman–Crippen MR) is 82.4 cm³/mol. The van der Waals surface area contributed by atoms with Gasteiger partial charge in [-0.3, -0.25) is 0 Å². The Kier molecular flexibility index (Phi) is 3.51. The molecule has 3 rings (SSSR count). The Balaban J connectivity index is 2.08. The number of nitrogens with zero attached hydrogens (tertiary/aromatic N) is 4. The van der Waals surface area contributed by atoms with E-state index in [1.165, 1.54) is 6.07 Å². The van der Waals surface area contributed by atoms with Crippen LogP contribution in [0, 0.1) is 17.1 Å².